The first-order chi connectivity index (χ1) is 28.8. The Morgan fingerprint density at radius 3 is 0.919 bits per heavy atom. The third-order valence-electron chi connectivity index (χ3n) is 10.3. The summed E-state index contributed by atoms with van der Waals surface area (Å²) in [5, 5.41) is 20.6. The Balaban J connectivity index is 1.62. The Bertz CT molecular complexity index is 2940. The molecule has 0 atom stereocenters. The largest absolute Gasteiger partial charge is 0.416 e. The summed E-state index contributed by atoms with van der Waals surface area (Å²) in [6.45, 7) is 0. The maximum Gasteiger partial charge on any atom is 0.416 e. The van der Waals surface area contributed by atoms with Gasteiger partial charge in [0.2, 0.25) is 0 Å². The van der Waals surface area contributed by atoms with Crippen LogP contribution in [0.2, 0.25) is 0 Å². The number of halogens is 15. The van der Waals surface area contributed by atoms with Crippen LogP contribution >= 0.6 is 0 Å². The zero-order valence-corrected chi connectivity index (χ0v) is 30.3. The first-order valence-electron chi connectivity index (χ1n) is 17.5. The Hall–Kier alpha value is -7.15. The van der Waals surface area contributed by atoms with Crippen molar-refractivity contribution in [1.29, 1.82) is 10.5 Å². The monoisotopic (exact) mass is 874 g/mol. The first kappa shape index (κ1) is 41.6. The number of benzene rings is 6. The van der Waals surface area contributed by atoms with Gasteiger partial charge in [0.05, 0.1) is 72.9 Å². The van der Waals surface area contributed by atoms with Crippen molar-refractivity contribution in [2.45, 2.75) is 30.9 Å². The SMILES string of the molecule is N#Cc1cc(C(F)(F)F)ccc1-c1cc(-n2c3cc(C(F)(F)F)ccc3c3ccc(C(F)(F)F)cc32)c(C#N)c(-n2c3cc(C(F)(F)F)ccc3c3ccc(C(F)(F)F)cc32)c1. The second-order valence-corrected chi connectivity index (χ2v) is 14.0. The van der Waals surface area contributed by atoms with Crippen molar-refractivity contribution in [2.24, 2.45) is 0 Å². The number of hydrogen-bond acceptors (Lipinski definition) is 2. The lowest BCUT2D eigenvalue weighted by Crippen LogP contribution is -2.09. The summed E-state index contributed by atoms with van der Waals surface area (Å²) in [5.74, 6) is 0. The van der Waals surface area contributed by atoms with Gasteiger partial charge in [0, 0.05) is 21.5 Å². The second kappa shape index (κ2) is 13.7. The van der Waals surface area contributed by atoms with Gasteiger partial charge in [-0.3, -0.25) is 0 Å². The number of rotatable bonds is 3. The van der Waals surface area contributed by atoms with E-state index in [2.05, 4.69) is 0 Å². The maximum absolute atomic E-state index is 14.3. The zero-order valence-electron chi connectivity index (χ0n) is 30.3. The van der Waals surface area contributed by atoms with Crippen molar-refractivity contribution in [3.63, 3.8) is 0 Å². The fraction of sp³-hybridized carbons (Fsp3) is 0.116. The van der Waals surface area contributed by atoms with E-state index in [-0.39, 0.29) is 32.7 Å². The van der Waals surface area contributed by atoms with Gasteiger partial charge in [0.15, 0.2) is 0 Å². The van der Waals surface area contributed by atoms with Gasteiger partial charge in [-0.05, 0) is 83.9 Å². The van der Waals surface area contributed by atoms with Gasteiger partial charge in [-0.1, -0.05) is 30.3 Å². The number of alkyl halides is 15. The van der Waals surface area contributed by atoms with E-state index in [0.717, 1.165) is 51.6 Å². The molecule has 4 nitrogen and oxygen atoms in total. The van der Waals surface area contributed by atoms with Gasteiger partial charge >= 0.3 is 30.9 Å². The fourth-order valence-electron chi connectivity index (χ4n) is 7.56. The molecule has 0 amide bonds. The van der Waals surface area contributed by atoms with Crippen molar-refractivity contribution >= 4 is 43.6 Å². The fourth-order valence-corrected chi connectivity index (χ4v) is 7.56. The molecule has 8 aromatic rings. The summed E-state index contributed by atoms with van der Waals surface area (Å²) < 4.78 is 214. The van der Waals surface area contributed by atoms with Crippen molar-refractivity contribution in [3.05, 3.63) is 142 Å². The molecule has 0 spiro atoms. The smallest absolute Gasteiger partial charge is 0.308 e. The van der Waals surface area contributed by atoms with Crippen LogP contribution in [0.4, 0.5) is 65.9 Å². The molecule has 0 aliphatic carbocycles. The van der Waals surface area contributed by atoms with E-state index < -0.39 is 103 Å². The van der Waals surface area contributed by atoms with Crippen LogP contribution in [-0.4, -0.2) is 9.13 Å². The van der Waals surface area contributed by atoms with Crippen LogP contribution in [0.3, 0.4) is 0 Å². The minimum atomic E-state index is -5.06. The van der Waals surface area contributed by atoms with E-state index in [9.17, 15) is 76.4 Å². The highest BCUT2D eigenvalue weighted by Crippen LogP contribution is 2.45. The predicted octanol–water partition coefficient (Wildman–Crippen LogP) is 14.4. The van der Waals surface area contributed by atoms with E-state index in [1.165, 1.54) is 0 Å². The van der Waals surface area contributed by atoms with Crippen LogP contribution < -0.4 is 0 Å². The molecule has 62 heavy (non-hydrogen) atoms. The normalized spacial score (nSPS) is 13.0. The van der Waals surface area contributed by atoms with Crippen molar-refractivity contribution in [2.75, 3.05) is 0 Å². The van der Waals surface area contributed by atoms with Gasteiger partial charge < -0.3 is 9.13 Å². The van der Waals surface area contributed by atoms with Crippen molar-refractivity contribution in [3.8, 4) is 34.6 Å². The number of nitrogens with zero attached hydrogens (tertiary/aromatic N) is 4. The summed E-state index contributed by atoms with van der Waals surface area (Å²) in [6, 6.07) is 15.5. The Kier molecular flexibility index (Phi) is 9.18. The van der Waals surface area contributed by atoms with E-state index >= 15 is 0 Å². The molecule has 314 valence electrons. The predicted molar refractivity (Wildman–Crippen MR) is 195 cm³/mol. The number of fused-ring (bicyclic) bond motifs is 6. The summed E-state index contributed by atoms with van der Waals surface area (Å²) in [7, 11) is 0. The molecular weight excluding hydrogens is 857 g/mol. The van der Waals surface area contributed by atoms with Gasteiger partial charge in [0.1, 0.15) is 11.6 Å². The summed E-state index contributed by atoms with van der Waals surface area (Å²) in [6.07, 6.45) is -25.2. The highest BCUT2D eigenvalue weighted by molar-refractivity contribution is 6.12. The lowest BCUT2D eigenvalue weighted by atomic mass is 9.95. The van der Waals surface area contributed by atoms with E-state index in [1.807, 2.05) is 0 Å². The molecule has 0 unspecified atom stereocenters. The molecule has 0 aliphatic rings. The van der Waals surface area contributed by atoms with Crippen LogP contribution in [0.25, 0.3) is 66.1 Å². The van der Waals surface area contributed by atoms with Gasteiger partial charge in [-0.15, -0.1) is 0 Å². The Labute approximate surface area is 336 Å². The lowest BCUT2D eigenvalue weighted by Gasteiger charge is -2.20. The van der Waals surface area contributed by atoms with Gasteiger partial charge in [-0.25, -0.2) is 0 Å². The molecule has 2 aromatic heterocycles. The summed E-state index contributed by atoms with van der Waals surface area (Å²) in [4.78, 5) is 0. The van der Waals surface area contributed by atoms with Crippen LogP contribution in [-0.2, 0) is 30.9 Å². The molecule has 0 radical (unpaired) electrons. The quantitative estimate of drug-likeness (QED) is 0.166. The van der Waals surface area contributed by atoms with E-state index in [0.29, 0.717) is 60.7 Å². The van der Waals surface area contributed by atoms with E-state index in [4.69, 9.17) is 0 Å². The Morgan fingerprint density at radius 2 is 0.645 bits per heavy atom. The van der Waals surface area contributed by atoms with Crippen molar-refractivity contribution in [1.82, 2.24) is 9.13 Å². The highest BCUT2D eigenvalue weighted by Gasteiger charge is 2.37. The Morgan fingerprint density at radius 1 is 0.355 bits per heavy atom. The van der Waals surface area contributed by atoms with Crippen molar-refractivity contribution < 1.29 is 65.9 Å². The maximum atomic E-state index is 14.3. The average Bonchev–Trinajstić information content (AvgIpc) is 3.69. The highest BCUT2D eigenvalue weighted by atomic mass is 19.4. The zero-order chi connectivity index (χ0) is 45.1. The third-order valence-corrected chi connectivity index (χ3v) is 10.3. The molecule has 0 N–H and O–H groups in total. The molecule has 0 saturated heterocycles. The minimum absolute atomic E-state index is 0.105. The molecule has 0 bridgehead atoms. The second-order valence-electron chi connectivity index (χ2n) is 14.0. The van der Waals surface area contributed by atoms with Crippen LogP contribution in [0.15, 0.2) is 103 Å². The number of aromatic nitrogens is 2. The molecule has 19 heteroatoms. The molecule has 0 fully saturated rings. The molecule has 8 rings (SSSR count). The number of hydrogen-bond donors (Lipinski definition) is 0. The van der Waals surface area contributed by atoms with Crippen LogP contribution in [0.1, 0.15) is 38.9 Å². The van der Waals surface area contributed by atoms with Gasteiger partial charge in [0.25, 0.3) is 0 Å². The van der Waals surface area contributed by atoms with Crippen LogP contribution in [0, 0.1) is 22.7 Å². The molecule has 2 heterocycles. The topological polar surface area (TPSA) is 57.4 Å². The summed E-state index contributed by atoms with van der Waals surface area (Å²) in [5.41, 5.74) is -12.0. The lowest BCUT2D eigenvalue weighted by molar-refractivity contribution is -0.138. The number of nitriles is 2. The molecular formula is C43H17F15N4. The van der Waals surface area contributed by atoms with Gasteiger partial charge in [-0.2, -0.15) is 76.4 Å². The third kappa shape index (κ3) is 6.87. The first-order valence-corrected chi connectivity index (χ1v) is 17.5. The average molecular weight is 875 g/mol. The molecule has 0 saturated carbocycles. The standard InChI is InChI=1S/C43H17F15N4/c44-39(45,46)22-1-6-27(21(11-22)18-59)20-12-33(61-35-14-23(40(47,48)49)2-7-28(35)29-8-3-24(15-36(29)61)41(50,51)52)32(19-60)34(13-20)62-37-16-25(42(53,54)55)4-9-30(37)31-10-5-26(17-38(31)62)43(56,57)58/h1-17H. The van der Waals surface area contributed by atoms with E-state index in [1.54, 1.807) is 12.1 Å². The van der Waals surface area contributed by atoms with Crippen LogP contribution in [0.5, 0.6) is 0 Å². The molecule has 6 aromatic carbocycles. The minimum Gasteiger partial charge on any atom is -0.308 e. The summed E-state index contributed by atoms with van der Waals surface area (Å²) >= 11 is 0. The molecule has 0 aliphatic heterocycles.